The molecule has 1 unspecified atom stereocenters. The van der Waals surface area contributed by atoms with Crippen molar-refractivity contribution in [2.75, 3.05) is 5.75 Å². The highest BCUT2D eigenvalue weighted by atomic mass is 32.2. The van der Waals surface area contributed by atoms with Crippen LogP contribution in [0.2, 0.25) is 0 Å². The minimum Gasteiger partial charge on any atom is -0.467 e. The van der Waals surface area contributed by atoms with Gasteiger partial charge in [-0.05, 0) is 19.1 Å². The van der Waals surface area contributed by atoms with Crippen LogP contribution in [-0.2, 0) is 11.3 Å². The monoisotopic (exact) mass is 435 g/mol. The van der Waals surface area contributed by atoms with E-state index in [0.29, 0.717) is 22.5 Å². The van der Waals surface area contributed by atoms with Crippen LogP contribution in [-0.4, -0.2) is 31.3 Å². The topological polar surface area (TPSA) is 97.6 Å². The fourth-order valence-corrected chi connectivity index (χ4v) is 4.59. The van der Waals surface area contributed by atoms with Crippen LogP contribution in [0, 0.1) is 18.3 Å². The molecule has 7 nitrogen and oxygen atoms in total. The van der Waals surface area contributed by atoms with Crippen LogP contribution in [0.4, 0.5) is 0 Å². The Morgan fingerprint density at radius 3 is 2.77 bits per heavy atom. The molecule has 0 aliphatic rings. The highest BCUT2D eigenvalue weighted by molar-refractivity contribution is 7.99. The van der Waals surface area contributed by atoms with Crippen molar-refractivity contribution in [3.63, 3.8) is 0 Å². The maximum Gasteiger partial charge on any atom is 0.192 e. The summed E-state index contributed by atoms with van der Waals surface area (Å²) in [6.45, 7) is 2.28. The van der Waals surface area contributed by atoms with Crippen molar-refractivity contribution >= 4 is 28.9 Å². The molecule has 0 radical (unpaired) electrons. The lowest BCUT2D eigenvalue weighted by atomic mass is 10.1. The van der Waals surface area contributed by atoms with Gasteiger partial charge in [-0.2, -0.15) is 5.26 Å². The quantitative estimate of drug-likeness (QED) is 0.380. The lowest BCUT2D eigenvalue weighted by Crippen LogP contribution is -2.14. The first kappa shape index (κ1) is 20.1. The van der Waals surface area contributed by atoms with E-state index in [0.717, 1.165) is 17.0 Å². The summed E-state index contributed by atoms with van der Waals surface area (Å²) in [5.41, 5.74) is 1.73. The number of thioether (sulfide) groups is 1. The van der Waals surface area contributed by atoms with Crippen molar-refractivity contribution in [3.8, 4) is 17.5 Å². The molecule has 0 spiro atoms. The first-order valence-corrected chi connectivity index (χ1v) is 11.0. The smallest absolute Gasteiger partial charge is 0.192 e. The van der Waals surface area contributed by atoms with Crippen molar-refractivity contribution in [2.45, 2.75) is 24.5 Å². The number of hydrogen-bond donors (Lipinski definition) is 0. The van der Waals surface area contributed by atoms with Crippen molar-refractivity contribution in [2.24, 2.45) is 0 Å². The molecule has 0 saturated heterocycles. The van der Waals surface area contributed by atoms with Gasteiger partial charge in [0, 0.05) is 16.6 Å². The average Bonchev–Trinajstić information content (AvgIpc) is 3.50. The number of carbonyl (C=O) groups excluding carboxylic acids is 1. The minimum absolute atomic E-state index is 0.0991. The second kappa shape index (κ2) is 9.07. The van der Waals surface area contributed by atoms with E-state index < -0.39 is 5.92 Å². The van der Waals surface area contributed by atoms with Gasteiger partial charge < -0.3 is 4.42 Å². The van der Waals surface area contributed by atoms with Crippen LogP contribution in [0.25, 0.3) is 11.4 Å². The van der Waals surface area contributed by atoms with Crippen molar-refractivity contribution in [1.82, 2.24) is 19.7 Å². The molecule has 0 fully saturated rings. The molecular weight excluding hydrogens is 418 g/mol. The SMILES string of the molecule is Cc1csc(C(C#N)C(=O)CSc2nnc(-c3ccccc3)n2Cc2ccco2)n1. The third-order valence-electron chi connectivity index (χ3n) is 4.32. The molecule has 0 aliphatic carbocycles. The summed E-state index contributed by atoms with van der Waals surface area (Å²) in [6.07, 6.45) is 1.62. The number of nitriles is 1. The first-order chi connectivity index (χ1) is 14.7. The zero-order valence-electron chi connectivity index (χ0n) is 16.1. The Morgan fingerprint density at radius 1 is 1.27 bits per heavy atom. The van der Waals surface area contributed by atoms with E-state index in [9.17, 15) is 10.1 Å². The van der Waals surface area contributed by atoms with E-state index in [4.69, 9.17) is 4.42 Å². The van der Waals surface area contributed by atoms with Gasteiger partial charge in [0.05, 0.1) is 24.6 Å². The van der Waals surface area contributed by atoms with Gasteiger partial charge in [0.15, 0.2) is 22.7 Å². The molecule has 9 heteroatoms. The molecule has 1 atom stereocenters. The zero-order chi connectivity index (χ0) is 20.9. The molecular formula is C21H17N5O2S2. The average molecular weight is 436 g/mol. The number of ketones is 1. The highest BCUT2D eigenvalue weighted by Gasteiger charge is 2.25. The molecule has 1 aromatic carbocycles. The molecule has 0 saturated carbocycles. The summed E-state index contributed by atoms with van der Waals surface area (Å²) >= 11 is 2.59. The number of benzene rings is 1. The van der Waals surface area contributed by atoms with Crippen LogP contribution in [0.3, 0.4) is 0 Å². The molecule has 0 bridgehead atoms. The summed E-state index contributed by atoms with van der Waals surface area (Å²) in [5.74, 6) is 0.474. The van der Waals surface area contributed by atoms with E-state index in [2.05, 4.69) is 21.3 Å². The molecule has 0 aliphatic heterocycles. The Hall–Kier alpha value is -3.22. The molecule has 0 amide bonds. The first-order valence-electron chi connectivity index (χ1n) is 9.14. The number of carbonyl (C=O) groups is 1. The number of nitrogens with zero attached hydrogens (tertiary/aromatic N) is 5. The summed E-state index contributed by atoms with van der Waals surface area (Å²) in [6, 6.07) is 15.5. The van der Waals surface area contributed by atoms with Crippen LogP contribution in [0.15, 0.2) is 63.7 Å². The highest BCUT2D eigenvalue weighted by Crippen LogP contribution is 2.28. The second-order valence-electron chi connectivity index (χ2n) is 6.48. The van der Waals surface area contributed by atoms with Gasteiger partial charge in [0.1, 0.15) is 10.8 Å². The summed E-state index contributed by atoms with van der Waals surface area (Å²) in [5, 5.41) is 21.1. The Morgan fingerprint density at radius 2 is 2.10 bits per heavy atom. The van der Waals surface area contributed by atoms with E-state index in [-0.39, 0.29) is 11.5 Å². The van der Waals surface area contributed by atoms with Gasteiger partial charge in [-0.15, -0.1) is 21.5 Å². The van der Waals surface area contributed by atoms with Crippen LogP contribution in [0.5, 0.6) is 0 Å². The maximum absolute atomic E-state index is 12.7. The second-order valence-corrected chi connectivity index (χ2v) is 8.31. The van der Waals surface area contributed by atoms with Gasteiger partial charge in [-0.25, -0.2) is 4.98 Å². The van der Waals surface area contributed by atoms with E-state index in [1.807, 2.05) is 59.3 Å². The number of Topliss-reactive ketones (excluding diaryl/α,β-unsaturated/α-hetero) is 1. The molecule has 3 heterocycles. The Kier molecular flexibility index (Phi) is 6.07. The van der Waals surface area contributed by atoms with E-state index in [1.54, 1.807) is 6.26 Å². The van der Waals surface area contributed by atoms with E-state index >= 15 is 0 Å². The third kappa shape index (κ3) is 4.35. The standard InChI is InChI=1S/C21H17N5O2S2/c1-14-12-29-20(23-14)17(10-22)18(27)13-30-21-25-24-19(15-6-3-2-4-7-15)26(21)11-16-8-5-9-28-16/h2-9,12,17H,11,13H2,1H3. The molecule has 30 heavy (non-hydrogen) atoms. The van der Waals surface area contributed by atoms with Gasteiger partial charge >= 0.3 is 0 Å². The molecule has 4 rings (SSSR count). The lowest BCUT2D eigenvalue weighted by Gasteiger charge is -2.09. The number of thiazole rings is 1. The van der Waals surface area contributed by atoms with Crippen molar-refractivity contribution < 1.29 is 9.21 Å². The third-order valence-corrected chi connectivity index (χ3v) is 6.34. The van der Waals surface area contributed by atoms with Crippen molar-refractivity contribution in [3.05, 3.63) is 70.6 Å². The fraction of sp³-hybridized carbons (Fsp3) is 0.190. The molecule has 150 valence electrons. The Bertz CT molecular complexity index is 1180. The molecule has 0 N–H and O–H groups in total. The largest absolute Gasteiger partial charge is 0.467 e. The number of aryl methyl sites for hydroxylation is 1. The van der Waals surface area contributed by atoms with Gasteiger partial charge in [-0.3, -0.25) is 9.36 Å². The van der Waals surface area contributed by atoms with E-state index in [1.165, 1.54) is 23.1 Å². The normalized spacial score (nSPS) is 11.9. The molecule has 3 aromatic heterocycles. The number of aromatic nitrogens is 4. The van der Waals surface area contributed by atoms with Gasteiger partial charge in [0.2, 0.25) is 0 Å². The van der Waals surface area contributed by atoms with Crippen LogP contribution >= 0.6 is 23.1 Å². The maximum atomic E-state index is 12.7. The summed E-state index contributed by atoms with van der Waals surface area (Å²) in [4.78, 5) is 17.0. The predicted molar refractivity (Wildman–Crippen MR) is 114 cm³/mol. The van der Waals surface area contributed by atoms with Crippen LogP contribution in [0.1, 0.15) is 22.4 Å². The predicted octanol–water partition coefficient (Wildman–Crippen LogP) is 4.32. The summed E-state index contributed by atoms with van der Waals surface area (Å²) < 4.78 is 7.41. The Balaban J connectivity index is 1.57. The van der Waals surface area contributed by atoms with Crippen LogP contribution < -0.4 is 0 Å². The minimum atomic E-state index is -0.869. The number of rotatable bonds is 8. The lowest BCUT2D eigenvalue weighted by molar-refractivity contribution is -0.116. The summed E-state index contributed by atoms with van der Waals surface area (Å²) in [7, 11) is 0. The Labute approximate surface area is 181 Å². The van der Waals surface area contributed by atoms with Gasteiger partial charge in [-0.1, -0.05) is 42.1 Å². The number of hydrogen-bond acceptors (Lipinski definition) is 8. The van der Waals surface area contributed by atoms with Crippen molar-refractivity contribution in [1.29, 1.82) is 5.26 Å². The molecule has 4 aromatic rings. The van der Waals surface area contributed by atoms with Gasteiger partial charge in [0.25, 0.3) is 0 Å². The fourth-order valence-electron chi connectivity index (χ4n) is 2.89. The zero-order valence-corrected chi connectivity index (χ0v) is 17.7. The number of furan rings is 1.